The van der Waals surface area contributed by atoms with E-state index in [0.717, 1.165) is 0 Å². The van der Waals surface area contributed by atoms with Crippen molar-refractivity contribution >= 4 is 15.6 Å². The van der Waals surface area contributed by atoms with Crippen LogP contribution in [0.5, 0.6) is 0 Å². The maximum Gasteiger partial charge on any atom is 0.373 e. The quantitative estimate of drug-likeness (QED) is 0.567. The first-order valence-corrected chi connectivity index (χ1v) is 4.74. The zero-order valence-electron chi connectivity index (χ0n) is 3.72. The molecule has 1 unspecified atom stereocenters. The minimum absolute atomic E-state index is 0. The Kier molecular flexibility index (Phi) is 5.43. The molecule has 0 rings (SSSR count). The van der Waals surface area contributed by atoms with Gasteiger partial charge in [0.2, 0.25) is 5.90 Å². The molecule has 0 radical (unpaired) electrons. The van der Waals surface area contributed by atoms with E-state index in [9.17, 15) is 14.0 Å². The molecule has 0 bridgehead atoms. The van der Waals surface area contributed by atoms with Gasteiger partial charge in [-0.25, -0.2) is 0 Å². The molecule has 1 atom stereocenters. The third-order valence-electron chi connectivity index (χ3n) is 0.300. The first kappa shape index (κ1) is 11.9. The van der Waals surface area contributed by atoms with Crippen LogP contribution in [-0.2, 0) is 9.13 Å². The normalized spacial score (nSPS) is 12.1. The van der Waals surface area contributed by atoms with Crippen LogP contribution in [0.3, 0.4) is 0 Å². The lowest BCUT2D eigenvalue weighted by Gasteiger charge is -1.92. The lowest BCUT2D eigenvalue weighted by molar-refractivity contribution is -0.163. The molecule has 5 nitrogen and oxygen atoms in total. The van der Waals surface area contributed by atoms with Gasteiger partial charge >= 0.3 is 15.6 Å². The summed E-state index contributed by atoms with van der Waals surface area (Å²) in [5, 5.41) is 0. The molecule has 0 spiro atoms. The van der Waals surface area contributed by atoms with Gasteiger partial charge in [-0.15, -0.1) is 0 Å². The van der Waals surface area contributed by atoms with E-state index >= 15 is 0 Å². The van der Waals surface area contributed by atoms with Crippen LogP contribution < -0.4 is 4.89 Å². The SMILES string of the molecule is C.O=[P+]([O-])CP(=O)(O)O. The van der Waals surface area contributed by atoms with E-state index in [0.29, 0.717) is 0 Å². The molecule has 0 aromatic carbocycles. The Bertz CT molecular complexity index is 136. The van der Waals surface area contributed by atoms with Crippen molar-refractivity contribution in [2.75, 3.05) is 5.90 Å². The lowest BCUT2D eigenvalue weighted by Crippen LogP contribution is -1.91. The van der Waals surface area contributed by atoms with Crippen molar-refractivity contribution < 1.29 is 23.8 Å². The molecular formula is C2H8O5P2. The largest absolute Gasteiger partial charge is 0.595 e. The average Bonchev–Trinajstić information content (AvgIpc) is 1.21. The monoisotopic (exact) mass is 174 g/mol. The molecule has 0 fully saturated rings. The van der Waals surface area contributed by atoms with Crippen molar-refractivity contribution in [1.82, 2.24) is 0 Å². The minimum Gasteiger partial charge on any atom is -0.595 e. The van der Waals surface area contributed by atoms with Gasteiger partial charge in [-0.2, -0.15) is 0 Å². The molecular weight excluding hydrogens is 166 g/mol. The van der Waals surface area contributed by atoms with E-state index < -0.39 is 21.5 Å². The fraction of sp³-hybridized carbons (Fsp3) is 1.00. The molecule has 0 aliphatic heterocycles. The molecule has 0 amide bonds. The van der Waals surface area contributed by atoms with Crippen molar-refractivity contribution in [2.24, 2.45) is 0 Å². The first-order valence-electron chi connectivity index (χ1n) is 1.58. The summed E-state index contributed by atoms with van der Waals surface area (Å²) < 4.78 is 19.3. The van der Waals surface area contributed by atoms with Crippen molar-refractivity contribution in [2.45, 2.75) is 7.43 Å². The second-order valence-electron chi connectivity index (χ2n) is 1.14. The van der Waals surface area contributed by atoms with Crippen LogP contribution >= 0.6 is 15.6 Å². The molecule has 0 aromatic heterocycles. The zero-order chi connectivity index (χ0) is 6.78. The standard InChI is InChI=1S/CH4O5P2.CH4/c2-7(3)1-8(4,5)6;/h1H2,(H2,4,5,6);1H4. The Morgan fingerprint density at radius 2 is 1.89 bits per heavy atom. The summed E-state index contributed by atoms with van der Waals surface area (Å²) in [6.07, 6.45) is 0. The smallest absolute Gasteiger partial charge is 0.373 e. The molecule has 2 N–H and O–H groups in total. The van der Waals surface area contributed by atoms with Crippen LogP contribution in [0.15, 0.2) is 0 Å². The van der Waals surface area contributed by atoms with Crippen molar-refractivity contribution in [3.63, 3.8) is 0 Å². The van der Waals surface area contributed by atoms with Gasteiger partial charge in [0, 0.05) is 0 Å². The van der Waals surface area contributed by atoms with Gasteiger partial charge in [0.1, 0.15) is 0 Å². The Morgan fingerprint density at radius 1 is 1.56 bits per heavy atom. The number of hydrogen-bond donors (Lipinski definition) is 2. The Balaban J connectivity index is 0. The minimum atomic E-state index is -4.32. The number of rotatable bonds is 2. The van der Waals surface area contributed by atoms with Gasteiger partial charge in [0.15, 0.2) is 0 Å². The van der Waals surface area contributed by atoms with Gasteiger partial charge in [-0.1, -0.05) is 12.0 Å². The van der Waals surface area contributed by atoms with E-state index in [4.69, 9.17) is 9.79 Å². The highest BCUT2D eigenvalue weighted by Gasteiger charge is 2.21. The maximum absolute atomic E-state index is 9.75. The van der Waals surface area contributed by atoms with Crippen molar-refractivity contribution in [1.29, 1.82) is 0 Å². The van der Waals surface area contributed by atoms with Crippen LogP contribution in [0.2, 0.25) is 0 Å². The van der Waals surface area contributed by atoms with Crippen LogP contribution in [0.4, 0.5) is 0 Å². The Hall–Kier alpha value is 0.210. The molecule has 9 heavy (non-hydrogen) atoms. The molecule has 7 heteroatoms. The third kappa shape index (κ3) is 11.7. The van der Waals surface area contributed by atoms with Crippen molar-refractivity contribution in [3.8, 4) is 0 Å². The van der Waals surface area contributed by atoms with E-state index in [-0.39, 0.29) is 7.43 Å². The highest BCUT2D eigenvalue weighted by molar-refractivity contribution is 7.63. The molecule has 0 saturated heterocycles. The summed E-state index contributed by atoms with van der Waals surface area (Å²) in [5.74, 6) is -1.05. The summed E-state index contributed by atoms with van der Waals surface area (Å²) in [6, 6.07) is 0. The fourth-order valence-electron chi connectivity index (χ4n) is 0.150. The molecule has 0 aliphatic rings. The van der Waals surface area contributed by atoms with Gasteiger partial charge in [0.25, 0.3) is 0 Å². The van der Waals surface area contributed by atoms with Crippen LogP contribution in [0.1, 0.15) is 7.43 Å². The lowest BCUT2D eigenvalue weighted by atomic mass is 11.9. The molecule has 0 aromatic rings. The molecule has 56 valence electrons. The highest BCUT2D eigenvalue weighted by Crippen LogP contribution is 2.41. The van der Waals surface area contributed by atoms with E-state index in [2.05, 4.69) is 0 Å². The Labute approximate surface area is 53.7 Å². The number of hydrogen-bond acceptors (Lipinski definition) is 3. The van der Waals surface area contributed by atoms with E-state index in [1.165, 1.54) is 0 Å². The van der Waals surface area contributed by atoms with Gasteiger partial charge in [-0.05, 0) is 0 Å². The predicted octanol–water partition coefficient (Wildman–Crippen LogP) is -0.140. The Morgan fingerprint density at radius 3 is 1.89 bits per heavy atom. The summed E-state index contributed by atoms with van der Waals surface area (Å²) in [6.45, 7) is 0. The van der Waals surface area contributed by atoms with Crippen molar-refractivity contribution in [3.05, 3.63) is 0 Å². The second kappa shape index (κ2) is 4.09. The highest BCUT2D eigenvalue weighted by atomic mass is 31.2. The third-order valence-corrected chi connectivity index (χ3v) is 2.70. The van der Waals surface area contributed by atoms with Gasteiger partial charge in [-0.3, -0.25) is 4.57 Å². The summed E-state index contributed by atoms with van der Waals surface area (Å²) in [4.78, 5) is 25.4. The fourth-order valence-corrected chi connectivity index (χ4v) is 1.35. The van der Waals surface area contributed by atoms with Gasteiger partial charge in [0.05, 0.1) is 0 Å². The van der Waals surface area contributed by atoms with E-state index in [1.54, 1.807) is 0 Å². The molecule has 0 saturated carbocycles. The zero-order valence-corrected chi connectivity index (χ0v) is 5.51. The topological polar surface area (TPSA) is 97.7 Å². The van der Waals surface area contributed by atoms with Crippen LogP contribution in [0.25, 0.3) is 0 Å². The predicted molar refractivity (Wildman–Crippen MR) is 31.2 cm³/mol. The summed E-state index contributed by atoms with van der Waals surface area (Å²) in [7, 11) is -7.27. The summed E-state index contributed by atoms with van der Waals surface area (Å²) >= 11 is 0. The molecule has 0 aliphatic carbocycles. The van der Waals surface area contributed by atoms with Gasteiger partial charge < -0.3 is 14.7 Å². The average molecular weight is 174 g/mol. The maximum atomic E-state index is 9.75. The van der Waals surface area contributed by atoms with Crippen LogP contribution in [-0.4, -0.2) is 15.7 Å². The summed E-state index contributed by atoms with van der Waals surface area (Å²) in [5.41, 5.74) is 0. The second-order valence-corrected chi connectivity index (χ2v) is 4.27. The van der Waals surface area contributed by atoms with E-state index in [1.807, 2.05) is 0 Å². The molecule has 0 heterocycles. The van der Waals surface area contributed by atoms with Crippen LogP contribution in [0, 0.1) is 0 Å². The first-order chi connectivity index (χ1) is 3.42.